The van der Waals surface area contributed by atoms with Crippen LogP contribution in [0.3, 0.4) is 0 Å². The topological polar surface area (TPSA) is 62.5 Å². The van der Waals surface area contributed by atoms with E-state index in [4.69, 9.17) is 0 Å². The highest BCUT2D eigenvalue weighted by Crippen LogP contribution is 2.29. The maximum atomic E-state index is 12.6. The Labute approximate surface area is 118 Å². The van der Waals surface area contributed by atoms with Crippen LogP contribution in [0.25, 0.3) is 5.52 Å². The lowest BCUT2D eigenvalue weighted by atomic mass is 10.3. The summed E-state index contributed by atoms with van der Waals surface area (Å²) in [6.07, 6.45) is -1.61. The van der Waals surface area contributed by atoms with Crippen LogP contribution in [-0.2, 0) is 11.0 Å². The first-order valence-electron chi connectivity index (χ1n) is 6.14. The van der Waals surface area contributed by atoms with Crippen molar-refractivity contribution in [2.45, 2.75) is 12.6 Å². The number of amides is 1. The molecule has 1 N–H and O–H groups in total. The van der Waals surface area contributed by atoms with Gasteiger partial charge >= 0.3 is 6.18 Å². The second kappa shape index (κ2) is 5.58. The van der Waals surface area contributed by atoms with E-state index < -0.39 is 11.9 Å². The number of nitrogens with one attached hydrogen (secondary N) is 1. The van der Waals surface area contributed by atoms with Gasteiger partial charge in [-0.3, -0.25) is 4.79 Å². The molecule has 0 aliphatic heterocycles. The molecule has 0 fully saturated rings. The van der Waals surface area contributed by atoms with Crippen LogP contribution in [0.2, 0.25) is 0 Å². The van der Waals surface area contributed by atoms with Crippen molar-refractivity contribution < 1.29 is 18.0 Å². The third kappa shape index (κ3) is 3.41. The van der Waals surface area contributed by atoms with E-state index in [1.807, 2.05) is 0 Å². The zero-order valence-electron chi connectivity index (χ0n) is 11.5. The Bertz CT molecular complexity index is 650. The van der Waals surface area contributed by atoms with Gasteiger partial charge in [-0.15, -0.1) is 0 Å². The molecule has 0 aromatic carbocycles. The van der Waals surface area contributed by atoms with Gasteiger partial charge in [0.15, 0.2) is 11.5 Å². The van der Waals surface area contributed by atoms with Crippen LogP contribution >= 0.6 is 0 Å². The minimum Gasteiger partial charge on any atom is -0.368 e. The molecule has 0 aliphatic rings. The maximum Gasteiger partial charge on any atom is 0.435 e. The number of fused-ring (bicyclic) bond motifs is 1. The molecule has 114 valence electrons. The SMILES string of the molecule is CN(C)C(=O)CCNc1nccn2nc(C(F)(F)F)cc12. The number of hydrogen-bond acceptors (Lipinski definition) is 4. The number of anilines is 1. The molecule has 0 spiro atoms. The molecule has 1 amide bonds. The van der Waals surface area contributed by atoms with Crippen LogP contribution in [0.15, 0.2) is 18.5 Å². The van der Waals surface area contributed by atoms with Gasteiger partial charge in [0, 0.05) is 45.5 Å². The van der Waals surface area contributed by atoms with E-state index in [1.54, 1.807) is 14.1 Å². The van der Waals surface area contributed by atoms with Crippen LogP contribution in [0.5, 0.6) is 0 Å². The van der Waals surface area contributed by atoms with Crippen LogP contribution in [-0.4, -0.2) is 46.0 Å². The normalized spacial score (nSPS) is 11.7. The minimum atomic E-state index is -4.51. The molecular formula is C12H14F3N5O. The third-order valence-corrected chi connectivity index (χ3v) is 2.81. The smallest absolute Gasteiger partial charge is 0.368 e. The summed E-state index contributed by atoms with van der Waals surface area (Å²) in [4.78, 5) is 16.9. The summed E-state index contributed by atoms with van der Waals surface area (Å²) in [5.74, 6) is 0.172. The molecule has 0 radical (unpaired) electrons. The van der Waals surface area contributed by atoms with E-state index in [0.717, 1.165) is 10.6 Å². The zero-order chi connectivity index (χ0) is 15.6. The molecule has 2 aromatic heterocycles. The molecule has 2 aromatic rings. The largest absolute Gasteiger partial charge is 0.435 e. The highest BCUT2D eigenvalue weighted by atomic mass is 19.4. The number of aromatic nitrogens is 3. The Kier molecular flexibility index (Phi) is 4.01. The van der Waals surface area contributed by atoms with Crippen molar-refractivity contribution in [1.82, 2.24) is 19.5 Å². The molecule has 6 nitrogen and oxygen atoms in total. The van der Waals surface area contributed by atoms with Crippen molar-refractivity contribution in [1.29, 1.82) is 0 Å². The van der Waals surface area contributed by atoms with Crippen molar-refractivity contribution in [3.63, 3.8) is 0 Å². The Morgan fingerprint density at radius 2 is 2.14 bits per heavy atom. The van der Waals surface area contributed by atoms with E-state index in [2.05, 4.69) is 15.4 Å². The lowest BCUT2D eigenvalue weighted by Gasteiger charge is -2.11. The van der Waals surface area contributed by atoms with E-state index in [1.165, 1.54) is 17.3 Å². The van der Waals surface area contributed by atoms with Crippen molar-refractivity contribution in [2.75, 3.05) is 26.0 Å². The quantitative estimate of drug-likeness (QED) is 0.932. The standard InChI is InChI=1S/C12H14F3N5O/c1-19(2)10(21)3-4-16-11-8-7-9(12(13,14)15)18-20(8)6-5-17-11/h5-7H,3-4H2,1-2H3,(H,16,17). The summed E-state index contributed by atoms with van der Waals surface area (Å²) in [5, 5.41) is 6.30. The van der Waals surface area contributed by atoms with E-state index in [9.17, 15) is 18.0 Å². The van der Waals surface area contributed by atoms with E-state index in [0.29, 0.717) is 0 Å². The number of carbonyl (C=O) groups excluding carboxylic acids is 1. The number of nitrogens with zero attached hydrogens (tertiary/aromatic N) is 4. The van der Waals surface area contributed by atoms with Gasteiger partial charge < -0.3 is 10.2 Å². The molecule has 2 heterocycles. The highest BCUT2D eigenvalue weighted by molar-refractivity contribution is 5.76. The van der Waals surface area contributed by atoms with Gasteiger partial charge in [0.2, 0.25) is 5.91 Å². The van der Waals surface area contributed by atoms with Crippen LogP contribution in [0.1, 0.15) is 12.1 Å². The van der Waals surface area contributed by atoms with Gasteiger partial charge in [0.05, 0.1) is 0 Å². The molecule has 21 heavy (non-hydrogen) atoms. The van der Waals surface area contributed by atoms with Crippen molar-refractivity contribution in [3.05, 3.63) is 24.2 Å². The fourth-order valence-corrected chi connectivity index (χ4v) is 1.71. The Hall–Kier alpha value is -2.32. The summed E-state index contributed by atoms with van der Waals surface area (Å²) < 4.78 is 39.0. The van der Waals surface area contributed by atoms with Gasteiger partial charge in [-0.05, 0) is 0 Å². The maximum absolute atomic E-state index is 12.6. The van der Waals surface area contributed by atoms with Crippen molar-refractivity contribution in [2.24, 2.45) is 0 Å². The number of hydrogen-bond donors (Lipinski definition) is 1. The Morgan fingerprint density at radius 3 is 2.76 bits per heavy atom. The number of halogens is 3. The molecule has 0 atom stereocenters. The third-order valence-electron chi connectivity index (χ3n) is 2.81. The lowest BCUT2D eigenvalue weighted by molar-refractivity contribution is -0.141. The monoisotopic (exact) mass is 301 g/mol. The summed E-state index contributed by atoms with van der Waals surface area (Å²) in [5.41, 5.74) is -0.773. The summed E-state index contributed by atoms with van der Waals surface area (Å²) >= 11 is 0. The Morgan fingerprint density at radius 1 is 1.43 bits per heavy atom. The first-order valence-corrected chi connectivity index (χ1v) is 6.14. The number of carbonyl (C=O) groups is 1. The predicted octanol–water partition coefficient (Wildman–Crippen LogP) is 1.64. The molecule has 0 bridgehead atoms. The second-order valence-electron chi connectivity index (χ2n) is 4.60. The fourth-order valence-electron chi connectivity index (χ4n) is 1.71. The average Bonchev–Trinajstić information content (AvgIpc) is 2.83. The highest BCUT2D eigenvalue weighted by Gasteiger charge is 2.34. The van der Waals surface area contributed by atoms with Gasteiger partial charge in [-0.2, -0.15) is 18.3 Å². The van der Waals surface area contributed by atoms with Gasteiger partial charge in [0.25, 0.3) is 0 Å². The zero-order valence-corrected chi connectivity index (χ0v) is 11.5. The second-order valence-corrected chi connectivity index (χ2v) is 4.60. The van der Waals surface area contributed by atoms with E-state index in [-0.39, 0.29) is 30.2 Å². The Balaban J connectivity index is 2.17. The number of alkyl halides is 3. The van der Waals surface area contributed by atoms with Gasteiger partial charge in [-0.1, -0.05) is 0 Å². The van der Waals surface area contributed by atoms with Gasteiger partial charge in [-0.25, -0.2) is 9.50 Å². The van der Waals surface area contributed by atoms with Crippen LogP contribution in [0, 0.1) is 0 Å². The fraction of sp³-hybridized carbons (Fsp3) is 0.417. The van der Waals surface area contributed by atoms with Crippen LogP contribution < -0.4 is 5.32 Å². The van der Waals surface area contributed by atoms with Crippen molar-refractivity contribution in [3.8, 4) is 0 Å². The lowest BCUT2D eigenvalue weighted by Crippen LogP contribution is -2.24. The van der Waals surface area contributed by atoms with E-state index >= 15 is 0 Å². The molecular weight excluding hydrogens is 287 g/mol. The molecule has 0 unspecified atom stereocenters. The molecule has 2 rings (SSSR count). The summed E-state index contributed by atoms with van der Waals surface area (Å²) in [7, 11) is 3.27. The van der Waals surface area contributed by atoms with Gasteiger partial charge in [0.1, 0.15) is 5.52 Å². The summed E-state index contributed by atoms with van der Waals surface area (Å²) in [6, 6.07) is 0.920. The predicted molar refractivity (Wildman–Crippen MR) is 69.8 cm³/mol. The van der Waals surface area contributed by atoms with Crippen molar-refractivity contribution >= 4 is 17.2 Å². The molecule has 0 saturated carbocycles. The average molecular weight is 301 g/mol. The molecule has 9 heteroatoms. The summed E-state index contributed by atoms with van der Waals surface area (Å²) in [6.45, 7) is 0.274. The molecule has 0 saturated heterocycles. The number of rotatable bonds is 4. The molecule has 0 aliphatic carbocycles. The minimum absolute atomic E-state index is 0.0843. The van der Waals surface area contributed by atoms with Crippen LogP contribution in [0.4, 0.5) is 19.0 Å². The first kappa shape index (κ1) is 15.1. The first-order chi connectivity index (χ1) is 9.79.